The Hall–Kier alpha value is -1.22. The van der Waals surface area contributed by atoms with Crippen LogP contribution in [0.3, 0.4) is 0 Å². The molecule has 0 aliphatic heterocycles. The van der Waals surface area contributed by atoms with Crippen molar-refractivity contribution < 1.29 is 4.79 Å². The van der Waals surface area contributed by atoms with Crippen LogP contribution in [-0.2, 0) is 6.54 Å². The van der Waals surface area contributed by atoms with Crippen molar-refractivity contribution in [1.29, 1.82) is 0 Å². The number of urea groups is 1. The van der Waals surface area contributed by atoms with Gasteiger partial charge in [0.2, 0.25) is 0 Å². The number of nitrogens with one attached hydrogen (secondary N) is 1. The third-order valence-corrected chi connectivity index (χ3v) is 2.26. The highest BCUT2D eigenvalue weighted by Crippen LogP contribution is 2.10. The summed E-state index contributed by atoms with van der Waals surface area (Å²) in [4.78, 5) is 13.0. The second-order valence-electron chi connectivity index (χ2n) is 3.32. The third kappa shape index (κ3) is 3.80. The van der Waals surface area contributed by atoms with Crippen LogP contribution in [0.25, 0.3) is 0 Å². The van der Waals surface area contributed by atoms with Gasteiger partial charge in [0.1, 0.15) is 0 Å². The van der Waals surface area contributed by atoms with Crippen molar-refractivity contribution in [3.8, 4) is 0 Å². The molecular weight excluding hydrogens is 212 g/mol. The van der Waals surface area contributed by atoms with Crippen molar-refractivity contribution in [2.24, 2.45) is 0 Å². The van der Waals surface area contributed by atoms with Crippen molar-refractivity contribution in [3.63, 3.8) is 0 Å². The number of carbonyl (C=O) groups is 1. The molecule has 1 aromatic carbocycles. The molecule has 0 aromatic heterocycles. The topological polar surface area (TPSA) is 32.3 Å². The molecule has 0 saturated carbocycles. The minimum atomic E-state index is -0.0625. The maximum Gasteiger partial charge on any atom is 0.317 e. The Balaban J connectivity index is 2.54. The molecule has 0 aliphatic carbocycles. The summed E-state index contributed by atoms with van der Waals surface area (Å²) >= 11 is 5.77. The summed E-state index contributed by atoms with van der Waals surface area (Å²) in [6.45, 7) is 3.13. The van der Waals surface area contributed by atoms with E-state index in [2.05, 4.69) is 5.32 Å². The molecule has 0 radical (unpaired) electrons. The van der Waals surface area contributed by atoms with Crippen LogP contribution >= 0.6 is 11.6 Å². The van der Waals surface area contributed by atoms with Gasteiger partial charge >= 0.3 is 6.03 Å². The lowest BCUT2D eigenvalue weighted by molar-refractivity contribution is 0.207. The van der Waals surface area contributed by atoms with Crippen molar-refractivity contribution in [2.75, 3.05) is 13.6 Å². The van der Waals surface area contributed by atoms with Gasteiger partial charge in [-0.3, -0.25) is 0 Å². The first-order valence-corrected chi connectivity index (χ1v) is 5.24. The van der Waals surface area contributed by atoms with Gasteiger partial charge < -0.3 is 10.2 Å². The van der Waals surface area contributed by atoms with E-state index in [9.17, 15) is 4.79 Å². The van der Waals surface area contributed by atoms with Crippen LogP contribution in [0.4, 0.5) is 4.79 Å². The van der Waals surface area contributed by atoms with Crippen molar-refractivity contribution >= 4 is 17.6 Å². The van der Waals surface area contributed by atoms with E-state index in [4.69, 9.17) is 11.6 Å². The molecule has 1 rings (SSSR count). The summed E-state index contributed by atoms with van der Waals surface area (Å²) in [5.41, 5.74) is 1.06. The van der Waals surface area contributed by atoms with Gasteiger partial charge in [0.25, 0.3) is 0 Å². The highest BCUT2D eigenvalue weighted by atomic mass is 35.5. The molecule has 0 fully saturated rings. The average Bonchev–Trinajstić information content (AvgIpc) is 2.22. The van der Waals surface area contributed by atoms with Gasteiger partial charge in [0, 0.05) is 25.2 Å². The molecule has 15 heavy (non-hydrogen) atoms. The third-order valence-electron chi connectivity index (χ3n) is 2.01. The Morgan fingerprint density at radius 1 is 1.40 bits per heavy atom. The molecule has 82 valence electrons. The first-order chi connectivity index (χ1) is 7.13. The van der Waals surface area contributed by atoms with Gasteiger partial charge in [-0.05, 0) is 24.6 Å². The van der Waals surface area contributed by atoms with Crippen LogP contribution < -0.4 is 5.32 Å². The van der Waals surface area contributed by atoms with E-state index in [1.54, 1.807) is 11.9 Å². The summed E-state index contributed by atoms with van der Waals surface area (Å²) in [5.74, 6) is 0. The van der Waals surface area contributed by atoms with E-state index in [-0.39, 0.29) is 6.03 Å². The van der Waals surface area contributed by atoms with E-state index in [0.717, 1.165) is 5.56 Å². The molecule has 0 aliphatic rings. The number of rotatable bonds is 3. The summed E-state index contributed by atoms with van der Waals surface area (Å²) in [7, 11) is 1.76. The summed E-state index contributed by atoms with van der Waals surface area (Å²) in [5, 5.41) is 3.45. The quantitative estimate of drug-likeness (QED) is 0.844. The molecule has 0 heterocycles. The zero-order valence-corrected chi connectivity index (χ0v) is 9.71. The fraction of sp³-hybridized carbons (Fsp3) is 0.364. The molecule has 0 spiro atoms. The predicted octanol–water partition coefficient (Wildman–Crippen LogP) is 2.50. The van der Waals surface area contributed by atoms with Crippen molar-refractivity contribution in [3.05, 3.63) is 34.9 Å². The molecule has 0 bridgehead atoms. The SMILES string of the molecule is CCNC(=O)N(C)Cc1ccc(Cl)cc1. The average molecular weight is 227 g/mol. The van der Waals surface area contributed by atoms with Gasteiger partial charge in [0.05, 0.1) is 0 Å². The fourth-order valence-corrected chi connectivity index (χ4v) is 1.35. The van der Waals surface area contributed by atoms with Gasteiger partial charge in [-0.1, -0.05) is 23.7 Å². The number of carbonyl (C=O) groups excluding carboxylic acids is 1. The zero-order chi connectivity index (χ0) is 11.3. The number of hydrogen-bond acceptors (Lipinski definition) is 1. The molecule has 3 nitrogen and oxygen atoms in total. The summed E-state index contributed by atoms with van der Waals surface area (Å²) in [6, 6.07) is 7.41. The number of hydrogen-bond donors (Lipinski definition) is 1. The highest BCUT2D eigenvalue weighted by Gasteiger charge is 2.06. The van der Waals surface area contributed by atoms with E-state index in [1.807, 2.05) is 31.2 Å². The van der Waals surface area contributed by atoms with Gasteiger partial charge in [0.15, 0.2) is 0 Å². The van der Waals surface area contributed by atoms with E-state index < -0.39 is 0 Å². The first-order valence-electron chi connectivity index (χ1n) is 4.87. The van der Waals surface area contributed by atoms with Crippen LogP contribution in [-0.4, -0.2) is 24.5 Å². The smallest absolute Gasteiger partial charge is 0.317 e. The minimum absolute atomic E-state index is 0.0625. The first kappa shape index (κ1) is 11.9. The highest BCUT2D eigenvalue weighted by molar-refractivity contribution is 6.30. The lowest BCUT2D eigenvalue weighted by Gasteiger charge is -2.17. The lowest BCUT2D eigenvalue weighted by atomic mass is 10.2. The molecule has 2 amide bonds. The van der Waals surface area contributed by atoms with Crippen LogP contribution in [0.15, 0.2) is 24.3 Å². The van der Waals surface area contributed by atoms with Crippen molar-refractivity contribution in [1.82, 2.24) is 10.2 Å². The maximum absolute atomic E-state index is 11.4. The Bertz CT molecular complexity index is 324. The Labute approximate surface area is 95.0 Å². The molecule has 4 heteroatoms. The summed E-state index contributed by atoms with van der Waals surface area (Å²) in [6.07, 6.45) is 0. The molecule has 1 aromatic rings. The van der Waals surface area contributed by atoms with E-state index in [0.29, 0.717) is 18.1 Å². The Morgan fingerprint density at radius 3 is 2.53 bits per heavy atom. The maximum atomic E-state index is 11.4. The second-order valence-corrected chi connectivity index (χ2v) is 3.75. The van der Waals surface area contributed by atoms with Gasteiger partial charge in [-0.2, -0.15) is 0 Å². The number of benzene rings is 1. The van der Waals surface area contributed by atoms with Gasteiger partial charge in [-0.25, -0.2) is 4.79 Å². The molecule has 0 unspecified atom stereocenters. The zero-order valence-electron chi connectivity index (χ0n) is 8.96. The van der Waals surface area contributed by atoms with Gasteiger partial charge in [-0.15, -0.1) is 0 Å². The Kier molecular flexibility index (Phi) is 4.43. The van der Waals surface area contributed by atoms with Crippen LogP contribution in [0.2, 0.25) is 5.02 Å². The van der Waals surface area contributed by atoms with E-state index in [1.165, 1.54) is 0 Å². The monoisotopic (exact) mass is 226 g/mol. The van der Waals surface area contributed by atoms with Crippen LogP contribution in [0, 0.1) is 0 Å². The van der Waals surface area contributed by atoms with Crippen molar-refractivity contribution in [2.45, 2.75) is 13.5 Å². The van der Waals surface area contributed by atoms with Crippen LogP contribution in [0.5, 0.6) is 0 Å². The fourth-order valence-electron chi connectivity index (χ4n) is 1.22. The number of nitrogens with zero attached hydrogens (tertiary/aromatic N) is 1. The second kappa shape index (κ2) is 5.61. The minimum Gasteiger partial charge on any atom is -0.338 e. The molecule has 0 saturated heterocycles. The lowest BCUT2D eigenvalue weighted by Crippen LogP contribution is -2.36. The number of halogens is 1. The summed E-state index contributed by atoms with van der Waals surface area (Å²) < 4.78 is 0. The molecule has 0 atom stereocenters. The largest absolute Gasteiger partial charge is 0.338 e. The Morgan fingerprint density at radius 2 is 2.00 bits per heavy atom. The normalized spacial score (nSPS) is 9.80. The molecule has 1 N–H and O–H groups in total. The number of amides is 2. The molecular formula is C11H15ClN2O. The standard InChI is InChI=1S/C11H15ClN2O/c1-3-13-11(15)14(2)8-9-4-6-10(12)7-5-9/h4-7H,3,8H2,1-2H3,(H,13,15). The van der Waals surface area contributed by atoms with Crippen LogP contribution in [0.1, 0.15) is 12.5 Å². The van der Waals surface area contributed by atoms with E-state index >= 15 is 0 Å². The predicted molar refractivity (Wildman–Crippen MR) is 62.0 cm³/mol.